The molecule has 2 aromatic carbocycles. The van der Waals surface area contributed by atoms with E-state index in [-0.39, 0.29) is 0 Å². The van der Waals surface area contributed by atoms with E-state index in [0.29, 0.717) is 13.2 Å². The maximum absolute atomic E-state index is 5.47. The molecule has 1 aromatic heterocycles. The van der Waals surface area contributed by atoms with Crippen molar-refractivity contribution in [2.24, 2.45) is 7.05 Å². The number of benzene rings is 2. The van der Waals surface area contributed by atoms with Gasteiger partial charge in [0.05, 0.1) is 25.6 Å². The second-order valence-electron chi connectivity index (χ2n) is 5.69. The van der Waals surface area contributed by atoms with Crippen molar-refractivity contribution in [1.82, 2.24) is 9.55 Å². The number of hydrogen-bond donors (Lipinski definition) is 1. The van der Waals surface area contributed by atoms with Crippen LogP contribution in [-0.4, -0.2) is 23.3 Å². The highest BCUT2D eigenvalue weighted by Crippen LogP contribution is 2.25. The standard InChI is InChI=1S/C20H23N3O2/c1-4-25-17-10-8-15(9-11-17)13-21-20-22-14-19(23(20)2)16-6-5-7-18(12-16)24-3/h5-12,14H,4,13H2,1-3H3,(H,21,22). The van der Waals surface area contributed by atoms with Gasteiger partial charge >= 0.3 is 0 Å². The average Bonchev–Trinajstić information content (AvgIpc) is 3.02. The van der Waals surface area contributed by atoms with Gasteiger partial charge < -0.3 is 19.4 Å². The summed E-state index contributed by atoms with van der Waals surface area (Å²) in [5.74, 6) is 2.55. The van der Waals surface area contributed by atoms with Crippen LogP contribution < -0.4 is 14.8 Å². The van der Waals surface area contributed by atoms with E-state index in [9.17, 15) is 0 Å². The van der Waals surface area contributed by atoms with Crippen molar-refractivity contribution in [2.75, 3.05) is 19.0 Å². The first-order valence-corrected chi connectivity index (χ1v) is 8.33. The Balaban J connectivity index is 1.70. The summed E-state index contributed by atoms with van der Waals surface area (Å²) in [6.07, 6.45) is 1.87. The first-order chi connectivity index (χ1) is 12.2. The van der Waals surface area contributed by atoms with E-state index in [2.05, 4.69) is 28.5 Å². The van der Waals surface area contributed by atoms with Crippen molar-refractivity contribution >= 4 is 5.95 Å². The van der Waals surface area contributed by atoms with Crippen molar-refractivity contribution < 1.29 is 9.47 Å². The Labute approximate surface area is 148 Å². The summed E-state index contributed by atoms with van der Waals surface area (Å²) in [6, 6.07) is 16.1. The Morgan fingerprint density at radius 1 is 1.08 bits per heavy atom. The van der Waals surface area contributed by atoms with Crippen LogP contribution in [0.15, 0.2) is 54.7 Å². The molecule has 0 saturated carbocycles. The molecule has 1 N–H and O–H groups in total. The summed E-state index contributed by atoms with van der Waals surface area (Å²) < 4.78 is 12.8. The lowest BCUT2D eigenvalue weighted by Gasteiger charge is -2.10. The fourth-order valence-electron chi connectivity index (χ4n) is 2.68. The summed E-state index contributed by atoms with van der Waals surface area (Å²) in [4.78, 5) is 4.50. The third-order valence-corrected chi connectivity index (χ3v) is 4.04. The highest BCUT2D eigenvalue weighted by molar-refractivity contribution is 5.63. The van der Waals surface area contributed by atoms with Crippen LogP contribution in [0.25, 0.3) is 11.3 Å². The van der Waals surface area contributed by atoms with E-state index in [1.54, 1.807) is 7.11 Å². The maximum Gasteiger partial charge on any atom is 0.203 e. The molecular formula is C20H23N3O2. The van der Waals surface area contributed by atoms with Crippen LogP contribution in [0, 0.1) is 0 Å². The molecule has 0 spiro atoms. The van der Waals surface area contributed by atoms with Gasteiger partial charge in [-0.3, -0.25) is 0 Å². The fourth-order valence-corrected chi connectivity index (χ4v) is 2.68. The van der Waals surface area contributed by atoms with Crippen molar-refractivity contribution in [3.05, 3.63) is 60.3 Å². The molecule has 0 saturated heterocycles. The van der Waals surface area contributed by atoms with Gasteiger partial charge in [-0.05, 0) is 36.8 Å². The van der Waals surface area contributed by atoms with Gasteiger partial charge in [0.25, 0.3) is 0 Å². The van der Waals surface area contributed by atoms with Crippen LogP contribution in [0.4, 0.5) is 5.95 Å². The Morgan fingerprint density at radius 3 is 2.60 bits per heavy atom. The van der Waals surface area contributed by atoms with Gasteiger partial charge in [-0.1, -0.05) is 24.3 Å². The topological polar surface area (TPSA) is 48.3 Å². The molecule has 1 heterocycles. The molecule has 3 aromatic rings. The van der Waals surface area contributed by atoms with Crippen LogP contribution >= 0.6 is 0 Å². The Bertz CT molecular complexity index is 825. The van der Waals surface area contributed by atoms with Gasteiger partial charge in [0.1, 0.15) is 11.5 Å². The number of rotatable bonds is 7. The van der Waals surface area contributed by atoms with E-state index in [1.807, 2.05) is 55.1 Å². The monoisotopic (exact) mass is 337 g/mol. The number of methoxy groups -OCH3 is 1. The van der Waals surface area contributed by atoms with E-state index in [1.165, 1.54) is 5.56 Å². The van der Waals surface area contributed by atoms with Crippen LogP contribution in [0.1, 0.15) is 12.5 Å². The van der Waals surface area contributed by atoms with Gasteiger partial charge in [0.2, 0.25) is 5.95 Å². The molecule has 0 aliphatic heterocycles. The van der Waals surface area contributed by atoms with Crippen molar-refractivity contribution in [3.63, 3.8) is 0 Å². The molecule has 0 atom stereocenters. The minimum Gasteiger partial charge on any atom is -0.497 e. The molecule has 0 radical (unpaired) electrons. The predicted octanol–water partition coefficient (Wildman–Crippen LogP) is 4.11. The van der Waals surface area contributed by atoms with Crippen LogP contribution in [0.2, 0.25) is 0 Å². The zero-order valence-corrected chi connectivity index (χ0v) is 14.8. The van der Waals surface area contributed by atoms with Crippen LogP contribution in [0.5, 0.6) is 11.5 Å². The molecule has 25 heavy (non-hydrogen) atoms. The Kier molecular flexibility index (Phi) is 5.23. The smallest absolute Gasteiger partial charge is 0.203 e. The summed E-state index contributed by atoms with van der Waals surface area (Å²) >= 11 is 0. The lowest BCUT2D eigenvalue weighted by molar-refractivity contribution is 0.340. The zero-order chi connectivity index (χ0) is 17.6. The lowest BCUT2D eigenvalue weighted by atomic mass is 10.1. The van der Waals surface area contributed by atoms with Gasteiger partial charge in [-0.25, -0.2) is 4.98 Å². The third kappa shape index (κ3) is 3.94. The number of ether oxygens (including phenoxy) is 2. The van der Waals surface area contributed by atoms with Gasteiger partial charge in [0.15, 0.2) is 0 Å². The van der Waals surface area contributed by atoms with Gasteiger partial charge in [0, 0.05) is 19.2 Å². The van der Waals surface area contributed by atoms with Gasteiger partial charge in [-0.15, -0.1) is 0 Å². The van der Waals surface area contributed by atoms with E-state index in [4.69, 9.17) is 9.47 Å². The summed E-state index contributed by atoms with van der Waals surface area (Å²) in [6.45, 7) is 3.36. The molecule has 130 valence electrons. The summed E-state index contributed by atoms with van der Waals surface area (Å²) in [5.41, 5.74) is 3.28. The minimum absolute atomic E-state index is 0.678. The van der Waals surface area contributed by atoms with Crippen molar-refractivity contribution in [2.45, 2.75) is 13.5 Å². The van der Waals surface area contributed by atoms with Gasteiger partial charge in [-0.2, -0.15) is 0 Å². The quantitative estimate of drug-likeness (QED) is 0.705. The number of aromatic nitrogens is 2. The number of anilines is 1. The zero-order valence-electron chi connectivity index (χ0n) is 14.8. The second-order valence-corrected chi connectivity index (χ2v) is 5.69. The average molecular weight is 337 g/mol. The molecule has 0 aliphatic carbocycles. The molecule has 0 bridgehead atoms. The number of hydrogen-bond acceptors (Lipinski definition) is 4. The van der Waals surface area contributed by atoms with Crippen molar-refractivity contribution in [3.8, 4) is 22.8 Å². The molecule has 0 aliphatic rings. The summed E-state index contributed by atoms with van der Waals surface area (Å²) in [5, 5.41) is 3.38. The van der Waals surface area contributed by atoms with E-state index < -0.39 is 0 Å². The largest absolute Gasteiger partial charge is 0.497 e. The first-order valence-electron chi connectivity index (χ1n) is 8.33. The molecule has 0 fully saturated rings. The number of nitrogens with one attached hydrogen (secondary N) is 1. The number of imidazole rings is 1. The predicted molar refractivity (Wildman–Crippen MR) is 100 cm³/mol. The lowest BCUT2D eigenvalue weighted by Crippen LogP contribution is -2.05. The highest BCUT2D eigenvalue weighted by Gasteiger charge is 2.09. The van der Waals surface area contributed by atoms with E-state index in [0.717, 1.165) is 28.7 Å². The maximum atomic E-state index is 5.47. The molecule has 5 nitrogen and oxygen atoms in total. The number of nitrogens with zero attached hydrogens (tertiary/aromatic N) is 2. The highest BCUT2D eigenvalue weighted by atomic mass is 16.5. The molecule has 3 rings (SSSR count). The van der Waals surface area contributed by atoms with Crippen molar-refractivity contribution in [1.29, 1.82) is 0 Å². The SMILES string of the molecule is CCOc1ccc(CNc2ncc(-c3cccc(OC)c3)n2C)cc1. The minimum atomic E-state index is 0.678. The normalized spacial score (nSPS) is 10.5. The van der Waals surface area contributed by atoms with Crippen LogP contribution in [0.3, 0.4) is 0 Å². The fraction of sp³-hybridized carbons (Fsp3) is 0.250. The first kappa shape index (κ1) is 16.9. The molecule has 0 amide bonds. The Morgan fingerprint density at radius 2 is 1.88 bits per heavy atom. The van der Waals surface area contributed by atoms with Crippen LogP contribution in [-0.2, 0) is 13.6 Å². The molecule has 5 heteroatoms. The third-order valence-electron chi connectivity index (χ3n) is 4.04. The molecular weight excluding hydrogens is 314 g/mol. The van der Waals surface area contributed by atoms with E-state index >= 15 is 0 Å². The second kappa shape index (κ2) is 7.75. The molecule has 0 unspecified atom stereocenters. The summed E-state index contributed by atoms with van der Waals surface area (Å²) in [7, 11) is 3.68. The Hall–Kier alpha value is -2.95.